The molecule has 0 bridgehead atoms. The van der Waals surface area contributed by atoms with Crippen LogP contribution in [0.3, 0.4) is 0 Å². The van der Waals surface area contributed by atoms with E-state index in [-0.39, 0.29) is 5.97 Å². The summed E-state index contributed by atoms with van der Waals surface area (Å²) in [7, 11) is 0. The number of aryl methyl sites for hydroxylation is 2. The Morgan fingerprint density at radius 1 is 1.29 bits per heavy atom. The van der Waals surface area contributed by atoms with E-state index in [4.69, 9.17) is 4.74 Å². The van der Waals surface area contributed by atoms with Crippen LogP contribution in [0, 0.1) is 13.8 Å². The molecule has 0 saturated heterocycles. The number of anilines is 1. The number of hydrogen-bond donors (Lipinski definition) is 1. The summed E-state index contributed by atoms with van der Waals surface area (Å²) in [6, 6.07) is 4.59. The molecule has 0 aliphatic heterocycles. The van der Waals surface area contributed by atoms with Crippen molar-refractivity contribution in [3.63, 3.8) is 0 Å². The summed E-state index contributed by atoms with van der Waals surface area (Å²) in [6.45, 7) is 10.1. The highest BCUT2D eigenvalue weighted by Crippen LogP contribution is 2.21. The van der Waals surface area contributed by atoms with Crippen LogP contribution in [0.5, 0.6) is 0 Å². The molecule has 0 aliphatic carbocycles. The number of benzene rings is 1. The van der Waals surface area contributed by atoms with Crippen molar-refractivity contribution in [1.82, 2.24) is 0 Å². The summed E-state index contributed by atoms with van der Waals surface area (Å²) in [6.07, 6.45) is 0. The van der Waals surface area contributed by atoms with Gasteiger partial charge in [-0.3, -0.25) is 4.79 Å². The lowest BCUT2D eigenvalue weighted by Crippen LogP contribution is -2.11. The molecule has 1 N–H and O–H groups in total. The second-order valence-corrected chi connectivity index (χ2v) is 4.67. The highest BCUT2D eigenvalue weighted by Gasteiger charge is 2.07. The summed E-state index contributed by atoms with van der Waals surface area (Å²) in [5.41, 5.74) is 4.50. The molecule has 94 valence electrons. The van der Waals surface area contributed by atoms with E-state index in [0.717, 1.165) is 22.4 Å². The van der Waals surface area contributed by atoms with Gasteiger partial charge >= 0.3 is 5.97 Å². The molecule has 3 heteroatoms. The average Bonchev–Trinajstić information content (AvgIpc) is 2.14. The van der Waals surface area contributed by atoms with Gasteiger partial charge in [-0.05, 0) is 56.5 Å². The van der Waals surface area contributed by atoms with Crippen LogP contribution >= 0.6 is 0 Å². The van der Waals surface area contributed by atoms with Gasteiger partial charge in [-0.15, -0.1) is 0 Å². The van der Waals surface area contributed by atoms with Gasteiger partial charge in [0, 0.05) is 18.7 Å². The molecule has 1 rings (SSSR count). The molecular formula is C14H21NO2. The fourth-order valence-electron chi connectivity index (χ4n) is 1.81. The van der Waals surface area contributed by atoms with E-state index in [1.165, 1.54) is 6.92 Å². The van der Waals surface area contributed by atoms with E-state index in [1.54, 1.807) is 0 Å². The van der Waals surface area contributed by atoms with Crippen LogP contribution in [0.4, 0.5) is 5.69 Å². The number of rotatable bonds is 4. The van der Waals surface area contributed by atoms with E-state index < -0.39 is 0 Å². The summed E-state index contributed by atoms with van der Waals surface area (Å²) in [5, 5.41) is 3.37. The normalized spacial score (nSPS) is 10.5. The van der Waals surface area contributed by atoms with Crippen LogP contribution in [-0.2, 0) is 16.1 Å². The maximum atomic E-state index is 10.8. The zero-order valence-electron chi connectivity index (χ0n) is 11.3. The van der Waals surface area contributed by atoms with Gasteiger partial charge in [-0.25, -0.2) is 0 Å². The molecule has 1 aromatic carbocycles. The third-order valence-corrected chi connectivity index (χ3v) is 2.57. The maximum absolute atomic E-state index is 10.8. The molecule has 0 aromatic heterocycles. The van der Waals surface area contributed by atoms with Crippen molar-refractivity contribution >= 4 is 11.7 Å². The zero-order chi connectivity index (χ0) is 13.0. The van der Waals surface area contributed by atoms with Gasteiger partial charge in [0.15, 0.2) is 0 Å². The molecule has 1 aromatic rings. The topological polar surface area (TPSA) is 38.3 Å². The molecular weight excluding hydrogens is 214 g/mol. The van der Waals surface area contributed by atoms with Gasteiger partial charge < -0.3 is 10.1 Å². The van der Waals surface area contributed by atoms with Gasteiger partial charge in [0.25, 0.3) is 0 Å². The van der Waals surface area contributed by atoms with Crippen molar-refractivity contribution in [2.45, 2.75) is 47.3 Å². The van der Waals surface area contributed by atoms with E-state index in [1.807, 2.05) is 13.8 Å². The van der Waals surface area contributed by atoms with Crippen LogP contribution < -0.4 is 5.32 Å². The first-order chi connectivity index (χ1) is 7.90. The second kappa shape index (κ2) is 5.71. The first-order valence-electron chi connectivity index (χ1n) is 5.90. The molecule has 0 fully saturated rings. The number of carbonyl (C=O) groups excluding carboxylic acids is 1. The minimum absolute atomic E-state index is 0.242. The van der Waals surface area contributed by atoms with E-state index >= 15 is 0 Å². The lowest BCUT2D eigenvalue weighted by atomic mass is 10.0. The highest BCUT2D eigenvalue weighted by atomic mass is 16.5. The Bertz CT molecular complexity index is 388. The molecule has 0 unspecified atom stereocenters. The SMILES string of the molecule is CC(=O)OCc1c(C)cc(NC(C)C)cc1C. The third-order valence-electron chi connectivity index (χ3n) is 2.57. The number of hydrogen-bond acceptors (Lipinski definition) is 3. The average molecular weight is 235 g/mol. The standard InChI is InChI=1S/C14H21NO2/c1-9(2)15-13-6-10(3)14(11(4)7-13)8-17-12(5)16/h6-7,9,15H,8H2,1-5H3. The van der Waals surface area contributed by atoms with Crippen molar-refractivity contribution in [2.24, 2.45) is 0 Å². The molecule has 0 saturated carbocycles. The molecule has 0 radical (unpaired) electrons. The Morgan fingerprint density at radius 2 is 1.82 bits per heavy atom. The first-order valence-corrected chi connectivity index (χ1v) is 5.90. The quantitative estimate of drug-likeness (QED) is 0.814. The predicted octanol–water partition coefficient (Wildman–Crippen LogP) is 3.19. The molecule has 0 atom stereocenters. The van der Waals surface area contributed by atoms with Crippen molar-refractivity contribution in [1.29, 1.82) is 0 Å². The van der Waals surface area contributed by atoms with E-state index in [2.05, 4.69) is 31.3 Å². The van der Waals surface area contributed by atoms with Gasteiger partial charge in [-0.1, -0.05) is 0 Å². The molecule has 3 nitrogen and oxygen atoms in total. The Hall–Kier alpha value is -1.51. The van der Waals surface area contributed by atoms with Gasteiger partial charge in [0.1, 0.15) is 6.61 Å². The van der Waals surface area contributed by atoms with Gasteiger partial charge in [-0.2, -0.15) is 0 Å². The van der Waals surface area contributed by atoms with E-state index in [0.29, 0.717) is 12.6 Å². The smallest absolute Gasteiger partial charge is 0.302 e. The Kier molecular flexibility index (Phi) is 4.55. The highest BCUT2D eigenvalue weighted by molar-refractivity contribution is 5.66. The summed E-state index contributed by atoms with van der Waals surface area (Å²) in [5.74, 6) is -0.242. The largest absolute Gasteiger partial charge is 0.461 e. The molecule has 0 aliphatic rings. The van der Waals surface area contributed by atoms with Crippen LogP contribution in [-0.4, -0.2) is 12.0 Å². The number of nitrogens with one attached hydrogen (secondary N) is 1. The van der Waals surface area contributed by atoms with Crippen molar-refractivity contribution in [2.75, 3.05) is 5.32 Å². The van der Waals surface area contributed by atoms with Crippen LogP contribution in [0.2, 0.25) is 0 Å². The minimum atomic E-state index is -0.242. The van der Waals surface area contributed by atoms with Crippen LogP contribution in [0.1, 0.15) is 37.5 Å². The molecule has 0 amide bonds. The monoisotopic (exact) mass is 235 g/mol. The van der Waals surface area contributed by atoms with E-state index in [9.17, 15) is 4.79 Å². The fourth-order valence-corrected chi connectivity index (χ4v) is 1.81. The lowest BCUT2D eigenvalue weighted by Gasteiger charge is -2.15. The first kappa shape index (κ1) is 13.6. The molecule has 0 spiro atoms. The van der Waals surface area contributed by atoms with Crippen molar-refractivity contribution < 1.29 is 9.53 Å². The predicted molar refractivity (Wildman–Crippen MR) is 70.1 cm³/mol. The molecule has 17 heavy (non-hydrogen) atoms. The van der Waals surface area contributed by atoms with Crippen LogP contribution in [0.25, 0.3) is 0 Å². The summed E-state index contributed by atoms with van der Waals surface area (Å²) < 4.78 is 5.05. The number of esters is 1. The van der Waals surface area contributed by atoms with Gasteiger partial charge in [0.05, 0.1) is 0 Å². The Labute approximate surface area is 103 Å². The Morgan fingerprint density at radius 3 is 2.24 bits per heavy atom. The van der Waals surface area contributed by atoms with Crippen molar-refractivity contribution in [3.05, 3.63) is 28.8 Å². The fraction of sp³-hybridized carbons (Fsp3) is 0.500. The molecule has 0 heterocycles. The maximum Gasteiger partial charge on any atom is 0.302 e. The summed E-state index contributed by atoms with van der Waals surface area (Å²) in [4.78, 5) is 10.8. The Balaban J connectivity index is 2.90. The third kappa shape index (κ3) is 4.10. The minimum Gasteiger partial charge on any atom is -0.461 e. The van der Waals surface area contributed by atoms with Gasteiger partial charge in [0.2, 0.25) is 0 Å². The lowest BCUT2D eigenvalue weighted by molar-refractivity contribution is -0.142. The number of ether oxygens (including phenoxy) is 1. The number of carbonyl (C=O) groups is 1. The zero-order valence-corrected chi connectivity index (χ0v) is 11.3. The summed E-state index contributed by atoms with van der Waals surface area (Å²) >= 11 is 0. The second-order valence-electron chi connectivity index (χ2n) is 4.67. The van der Waals surface area contributed by atoms with Crippen molar-refractivity contribution in [3.8, 4) is 0 Å². The van der Waals surface area contributed by atoms with Crippen LogP contribution in [0.15, 0.2) is 12.1 Å².